The second-order valence-electron chi connectivity index (χ2n) is 6.76. The predicted molar refractivity (Wildman–Crippen MR) is 119 cm³/mol. The zero-order valence-corrected chi connectivity index (χ0v) is 18.1. The number of anilines is 1. The van der Waals surface area contributed by atoms with Gasteiger partial charge in [0, 0.05) is 6.54 Å². The molecule has 8 heteroatoms. The molecule has 2 amide bonds. The highest BCUT2D eigenvalue weighted by molar-refractivity contribution is 7.99. The van der Waals surface area contributed by atoms with Gasteiger partial charge in [-0.25, -0.2) is 0 Å². The Bertz CT molecular complexity index is 1020. The summed E-state index contributed by atoms with van der Waals surface area (Å²) in [5, 5.41) is 14.7. The van der Waals surface area contributed by atoms with Crippen LogP contribution < -0.4 is 10.6 Å². The fourth-order valence-electron chi connectivity index (χ4n) is 3.04. The van der Waals surface area contributed by atoms with Crippen molar-refractivity contribution in [3.63, 3.8) is 0 Å². The second-order valence-corrected chi connectivity index (χ2v) is 7.70. The van der Waals surface area contributed by atoms with Crippen LogP contribution in [0.15, 0.2) is 59.8 Å². The van der Waals surface area contributed by atoms with Gasteiger partial charge < -0.3 is 15.2 Å². The molecule has 1 atom stereocenters. The summed E-state index contributed by atoms with van der Waals surface area (Å²) in [5.74, 6) is 0.542. The number of rotatable bonds is 8. The van der Waals surface area contributed by atoms with Crippen molar-refractivity contribution in [3.05, 3.63) is 71.5 Å². The highest BCUT2D eigenvalue weighted by atomic mass is 32.2. The number of carbonyl (C=O) groups excluding carboxylic acids is 2. The van der Waals surface area contributed by atoms with Gasteiger partial charge in [0.25, 0.3) is 5.91 Å². The van der Waals surface area contributed by atoms with E-state index >= 15 is 0 Å². The largest absolute Gasteiger partial charge is 0.345 e. The summed E-state index contributed by atoms with van der Waals surface area (Å²) in [7, 11) is 0. The molecule has 30 heavy (non-hydrogen) atoms. The summed E-state index contributed by atoms with van der Waals surface area (Å²) in [6.07, 6.45) is 0. The zero-order chi connectivity index (χ0) is 21.5. The third kappa shape index (κ3) is 5.27. The van der Waals surface area contributed by atoms with Crippen LogP contribution in [-0.2, 0) is 11.3 Å². The minimum atomic E-state index is -0.240. The number of para-hydroxylation sites is 1. The maximum absolute atomic E-state index is 12.8. The predicted octanol–water partition coefficient (Wildman–Crippen LogP) is 3.83. The molecule has 3 aromatic rings. The Morgan fingerprint density at radius 3 is 2.50 bits per heavy atom. The topological polar surface area (TPSA) is 88.9 Å². The minimum absolute atomic E-state index is 0.151. The van der Waals surface area contributed by atoms with E-state index in [9.17, 15) is 9.59 Å². The fourth-order valence-corrected chi connectivity index (χ4v) is 3.89. The normalized spacial score (nSPS) is 11.7. The smallest absolute Gasteiger partial charge is 0.253 e. The Morgan fingerprint density at radius 1 is 1.07 bits per heavy atom. The Labute approximate surface area is 180 Å². The maximum Gasteiger partial charge on any atom is 0.253 e. The quantitative estimate of drug-likeness (QED) is 0.538. The van der Waals surface area contributed by atoms with Crippen molar-refractivity contribution in [1.29, 1.82) is 0 Å². The van der Waals surface area contributed by atoms with Crippen LogP contribution in [0.1, 0.15) is 41.6 Å². The van der Waals surface area contributed by atoms with Gasteiger partial charge >= 0.3 is 0 Å². The molecule has 1 aromatic heterocycles. The number of aryl methyl sites for hydroxylation is 1. The molecule has 0 saturated heterocycles. The number of thioether (sulfide) groups is 1. The van der Waals surface area contributed by atoms with Gasteiger partial charge in [0.1, 0.15) is 5.82 Å². The lowest BCUT2D eigenvalue weighted by atomic mass is 10.1. The summed E-state index contributed by atoms with van der Waals surface area (Å²) in [5.41, 5.74) is 1.92. The number of benzene rings is 2. The number of hydrogen-bond donors (Lipinski definition) is 2. The molecule has 0 aliphatic rings. The molecule has 3 rings (SSSR count). The number of carbonyl (C=O) groups is 2. The number of nitrogens with one attached hydrogen (secondary N) is 2. The van der Waals surface area contributed by atoms with Gasteiger partial charge in [-0.1, -0.05) is 54.2 Å². The van der Waals surface area contributed by atoms with E-state index in [1.54, 1.807) is 24.3 Å². The first-order valence-corrected chi connectivity index (χ1v) is 10.8. The lowest BCUT2D eigenvalue weighted by Crippen LogP contribution is -2.28. The number of hydrogen-bond acceptors (Lipinski definition) is 5. The van der Waals surface area contributed by atoms with Crippen molar-refractivity contribution >= 4 is 29.3 Å². The molecule has 7 nitrogen and oxygen atoms in total. The maximum atomic E-state index is 12.8. The van der Waals surface area contributed by atoms with Crippen LogP contribution in [0.3, 0.4) is 0 Å². The van der Waals surface area contributed by atoms with E-state index in [0.29, 0.717) is 16.4 Å². The highest BCUT2D eigenvalue weighted by Crippen LogP contribution is 2.20. The van der Waals surface area contributed by atoms with E-state index < -0.39 is 0 Å². The molecule has 0 bridgehead atoms. The third-order valence-corrected chi connectivity index (χ3v) is 5.61. The van der Waals surface area contributed by atoms with Crippen LogP contribution in [0.2, 0.25) is 0 Å². The Kier molecular flexibility index (Phi) is 7.24. The first kappa shape index (κ1) is 21.6. The van der Waals surface area contributed by atoms with E-state index in [2.05, 4.69) is 20.8 Å². The van der Waals surface area contributed by atoms with Crippen molar-refractivity contribution in [3.8, 4) is 0 Å². The molecule has 1 unspecified atom stereocenters. The van der Waals surface area contributed by atoms with Crippen LogP contribution in [0, 0.1) is 6.92 Å². The average Bonchev–Trinajstić information content (AvgIpc) is 3.12. The molecule has 0 saturated carbocycles. The molecule has 0 fully saturated rings. The first-order chi connectivity index (χ1) is 14.5. The molecule has 156 valence electrons. The van der Waals surface area contributed by atoms with Gasteiger partial charge in [0.05, 0.1) is 23.0 Å². The standard InChI is InChI=1S/C22H25N5O2S/c1-4-27-16(3)25-26-22(27)30-14-20(28)24-19-13-9-8-12-18(19)21(29)23-15(2)17-10-6-5-7-11-17/h5-13,15H,4,14H2,1-3H3,(H,23,29)(H,24,28). The monoisotopic (exact) mass is 423 g/mol. The number of aromatic nitrogens is 3. The van der Waals surface area contributed by atoms with E-state index in [0.717, 1.165) is 17.9 Å². The molecule has 0 radical (unpaired) electrons. The molecule has 2 N–H and O–H groups in total. The van der Waals surface area contributed by atoms with Gasteiger partial charge in [-0.3, -0.25) is 9.59 Å². The molecule has 2 aromatic carbocycles. The molecular formula is C22H25N5O2S. The Balaban J connectivity index is 1.64. The van der Waals surface area contributed by atoms with Crippen LogP contribution in [0.4, 0.5) is 5.69 Å². The van der Waals surface area contributed by atoms with Gasteiger partial charge in [-0.2, -0.15) is 0 Å². The summed E-state index contributed by atoms with van der Waals surface area (Å²) in [6.45, 7) is 6.56. The number of nitrogens with zero attached hydrogens (tertiary/aromatic N) is 3. The van der Waals surface area contributed by atoms with Gasteiger partial charge in [-0.15, -0.1) is 10.2 Å². The summed E-state index contributed by atoms with van der Waals surface area (Å²) in [6, 6.07) is 16.6. The van der Waals surface area contributed by atoms with E-state index in [4.69, 9.17) is 0 Å². The van der Waals surface area contributed by atoms with Gasteiger partial charge in [-0.05, 0) is 38.5 Å². The van der Waals surface area contributed by atoms with Crippen molar-refractivity contribution in [2.45, 2.75) is 38.5 Å². The summed E-state index contributed by atoms with van der Waals surface area (Å²) in [4.78, 5) is 25.3. The molecule has 0 aliphatic heterocycles. The van der Waals surface area contributed by atoms with Gasteiger partial charge in [0.2, 0.25) is 5.91 Å². The zero-order valence-electron chi connectivity index (χ0n) is 17.3. The Hall–Kier alpha value is -3.13. The van der Waals surface area contributed by atoms with Crippen molar-refractivity contribution in [2.75, 3.05) is 11.1 Å². The first-order valence-electron chi connectivity index (χ1n) is 9.77. The van der Waals surface area contributed by atoms with Gasteiger partial charge in [0.15, 0.2) is 5.16 Å². The molecule has 0 spiro atoms. The minimum Gasteiger partial charge on any atom is -0.345 e. The SMILES string of the molecule is CCn1c(C)nnc1SCC(=O)Nc1ccccc1C(=O)NC(C)c1ccccc1. The number of amides is 2. The Morgan fingerprint density at radius 2 is 1.77 bits per heavy atom. The lowest BCUT2D eigenvalue weighted by molar-refractivity contribution is -0.113. The lowest BCUT2D eigenvalue weighted by Gasteiger charge is -2.16. The van der Waals surface area contributed by atoms with E-state index in [-0.39, 0.29) is 23.6 Å². The summed E-state index contributed by atoms with van der Waals surface area (Å²) < 4.78 is 1.95. The van der Waals surface area contributed by atoms with Crippen molar-refractivity contribution in [2.24, 2.45) is 0 Å². The van der Waals surface area contributed by atoms with Crippen LogP contribution >= 0.6 is 11.8 Å². The van der Waals surface area contributed by atoms with E-state index in [1.165, 1.54) is 11.8 Å². The van der Waals surface area contributed by atoms with Crippen LogP contribution in [0.25, 0.3) is 0 Å². The summed E-state index contributed by atoms with van der Waals surface area (Å²) >= 11 is 1.32. The fraction of sp³-hybridized carbons (Fsp3) is 0.273. The van der Waals surface area contributed by atoms with Crippen molar-refractivity contribution < 1.29 is 9.59 Å². The van der Waals surface area contributed by atoms with E-state index in [1.807, 2.05) is 55.7 Å². The van der Waals surface area contributed by atoms with Crippen molar-refractivity contribution in [1.82, 2.24) is 20.1 Å². The average molecular weight is 424 g/mol. The van der Waals surface area contributed by atoms with Crippen LogP contribution in [0.5, 0.6) is 0 Å². The van der Waals surface area contributed by atoms with Crippen LogP contribution in [-0.4, -0.2) is 32.3 Å². The molecule has 1 heterocycles. The molecule has 0 aliphatic carbocycles. The highest BCUT2D eigenvalue weighted by Gasteiger charge is 2.17. The molecular weight excluding hydrogens is 398 g/mol. The second kappa shape index (κ2) is 10.1. The third-order valence-electron chi connectivity index (χ3n) is 4.64.